The molecule has 3 N–H and O–H groups in total. The van der Waals surface area contributed by atoms with Crippen LogP contribution in [0.25, 0.3) is 4.85 Å². The summed E-state index contributed by atoms with van der Waals surface area (Å²) in [6.45, 7) is 9.26. The number of primary amides is 1. The number of anilines is 1. The van der Waals surface area contributed by atoms with E-state index in [0.29, 0.717) is 32.5 Å². The number of carbonyl (C=O) groups is 2. The number of rotatable bonds is 8. The van der Waals surface area contributed by atoms with Crippen LogP contribution in [0.3, 0.4) is 0 Å². The van der Waals surface area contributed by atoms with Gasteiger partial charge in [-0.3, -0.25) is 19.2 Å². The lowest BCUT2D eigenvalue weighted by Gasteiger charge is -2.38. The van der Waals surface area contributed by atoms with Crippen LogP contribution in [0.15, 0.2) is 35.4 Å². The van der Waals surface area contributed by atoms with Crippen molar-refractivity contribution in [3.05, 3.63) is 53.0 Å². The minimum absolute atomic E-state index is 0.0747. The number of hydrogen-bond donors (Lipinski definition) is 2. The van der Waals surface area contributed by atoms with Crippen molar-refractivity contribution in [2.24, 2.45) is 11.7 Å². The van der Waals surface area contributed by atoms with Crippen LogP contribution >= 0.6 is 11.8 Å². The van der Waals surface area contributed by atoms with Crippen LogP contribution in [-0.2, 0) is 16.9 Å². The summed E-state index contributed by atoms with van der Waals surface area (Å²) in [5.74, 6) is -0.874. The Morgan fingerprint density at radius 3 is 2.60 bits per heavy atom. The second kappa shape index (κ2) is 9.91. The monoisotopic (exact) mass is 506 g/mol. The van der Waals surface area contributed by atoms with Gasteiger partial charge in [-0.1, -0.05) is 12.1 Å². The summed E-state index contributed by atoms with van der Waals surface area (Å²) in [5.41, 5.74) is 1.37. The molecule has 0 atom stereocenters. The largest absolute Gasteiger partial charge is 0.446 e. The predicted octanol–water partition coefficient (Wildman–Crippen LogP) is 3.85. The maximum atomic E-state index is 12.7. The van der Waals surface area contributed by atoms with Crippen LogP contribution in [0.5, 0.6) is 0 Å². The number of halogens is 3. The Balaban J connectivity index is 1.48. The molecule has 1 aliphatic heterocycles. The van der Waals surface area contributed by atoms with Crippen molar-refractivity contribution in [3.63, 3.8) is 0 Å². The molecule has 1 aromatic heterocycles. The van der Waals surface area contributed by atoms with Crippen molar-refractivity contribution in [1.29, 1.82) is 0 Å². The van der Waals surface area contributed by atoms with Gasteiger partial charge in [0.15, 0.2) is 5.82 Å². The number of nitrogens with zero attached hydrogens (tertiary/aromatic N) is 4. The first-order valence-corrected chi connectivity index (χ1v) is 12.0. The predicted molar refractivity (Wildman–Crippen MR) is 124 cm³/mol. The van der Waals surface area contributed by atoms with Crippen LogP contribution in [0, 0.1) is 12.5 Å². The summed E-state index contributed by atoms with van der Waals surface area (Å²) in [6.07, 6.45) is 4.19. The first-order valence-electron chi connectivity index (χ1n) is 11.2. The summed E-state index contributed by atoms with van der Waals surface area (Å²) < 4.78 is 39.7. The molecule has 2 fully saturated rings. The molecule has 1 aliphatic carbocycles. The average molecular weight is 507 g/mol. The van der Waals surface area contributed by atoms with E-state index in [2.05, 4.69) is 20.2 Å². The number of benzene rings is 1. The molecule has 35 heavy (non-hydrogen) atoms. The molecule has 186 valence electrons. The molecular weight excluding hydrogens is 481 g/mol. The molecule has 1 aromatic carbocycles. The van der Waals surface area contributed by atoms with Gasteiger partial charge in [-0.2, -0.15) is 18.3 Å². The van der Waals surface area contributed by atoms with Gasteiger partial charge in [0.2, 0.25) is 12.5 Å². The third kappa shape index (κ3) is 6.15. The Kier molecular flexibility index (Phi) is 7.10. The number of piperidine rings is 1. The SMILES string of the molecule is [C-]#[N+]CC1(n2cc(C(N)=O)c(NC(=O)C3CC3)n2)CCN(Cc2cccc(SC(F)(F)F)c2)CC1. The second-order valence-electron chi connectivity index (χ2n) is 8.98. The molecule has 12 heteroatoms. The Hall–Kier alpha value is -3.04. The van der Waals surface area contributed by atoms with Gasteiger partial charge in [-0.25, -0.2) is 6.57 Å². The van der Waals surface area contributed by atoms with Crippen molar-refractivity contribution >= 4 is 29.4 Å². The number of likely N-dealkylation sites (tertiary alicyclic amines) is 1. The molecule has 0 bridgehead atoms. The lowest BCUT2D eigenvalue weighted by molar-refractivity contribution is -0.117. The van der Waals surface area contributed by atoms with E-state index < -0.39 is 17.0 Å². The molecule has 0 spiro atoms. The summed E-state index contributed by atoms with van der Waals surface area (Å²) >= 11 is -0.135. The van der Waals surface area contributed by atoms with Crippen molar-refractivity contribution < 1.29 is 22.8 Å². The third-order valence-corrected chi connectivity index (χ3v) is 7.07. The molecule has 8 nitrogen and oxygen atoms in total. The van der Waals surface area contributed by atoms with Gasteiger partial charge in [0.25, 0.3) is 5.91 Å². The molecule has 1 saturated heterocycles. The van der Waals surface area contributed by atoms with Crippen LogP contribution < -0.4 is 11.1 Å². The minimum Gasteiger partial charge on any atom is -0.365 e. The summed E-state index contributed by atoms with van der Waals surface area (Å²) in [6, 6.07) is 6.39. The highest BCUT2D eigenvalue weighted by atomic mass is 32.2. The molecular formula is C23H25F3N6O2S. The fourth-order valence-electron chi connectivity index (χ4n) is 4.29. The molecule has 4 rings (SSSR count). The van der Waals surface area contributed by atoms with Crippen molar-refractivity contribution in [2.75, 3.05) is 25.0 Å². The topological polar surface area (TPSA) is 97.6 Å². The smallest absolute Gasteiger partial charge is 0.365 e. The lowest BCUT2D eigenvalue weighted by Crippen LogP contribution is -2.48. The maximum absolute atomic E-state index is 12.7. The maximum Gasteiger partial charge on any atom is 0.446 e. The first-order chi connectivity index (χ1) is 16.6. The van der Waals surface area contributed by atoms with Crippen LogP contribution in [0.4, 0.5) is 19.0 Å². The molecule has 2 amide bonds. The van der Waals surface area contributed by atoms with Gasteiger partial charge in [0, 0.05) is 36.6 Å². The number of carbonyl (C=O) groups excluding carboxylic acids is 2. The number of alkyl halides is 3. The number of hydrogen-bond acceptors (Lipinski definition) is 5. The van der Waals surface area contributed by atoms with Gasteiger partial charge in [0.05, 0.1) is 0 Å². The second-order valence-corrected chi connectivity index (χ2v) is 10.1. The number of amides is 2. The van der Waals surface area contributed by atoms with Crippen LogP contribution in [0.1, 0.15) is 41.6 Å². The zero-order valence-electron chi connectivity index (χ0n) is 18.8. The van der Waals surface area contributed by atoms with E-state index in [0.717, 1.165) is 18.4 Å². The van der Waals surface area contributed by atoms with Crippen LogP contribution in [0.2, 0.25) is 0 Å². The quantitative estimate of drug-likeness (QED) is 0.419. The van der Waals surface area contributed by atoms with E-state index in [9.17, 15) is 22.8 Å². The molecule has 1 saturated carbocycles. The van der Waals surface area contributed by atoms with E-state index in [1.807, 2.05) is 0 Å². The number of aromatic nitrogens is 2. The molecule has 0 radical (unpaired) electrons. The third-order valence-electron chi connectivity index (χ3n) is 6.35. The molecule has 2 aliphatic rings. The Labute approximate surface area is 204 Å². The fraction of sp³-hybridized carbons (Fsp3) is 0.478. The number of thioether (sulfide) groups is 1. The molecule has 2 heterocycles. The Morgan fingerprint density at radius 1 is 1.29 bits per heavy atom. The molecule has 2 aromatic rings. The normalized spacial score (nSPS) is 18.1. The highest BCUT2D eigenvalue weighted by Crippen LogP contribution is 2.38. The Morgan fingerprint density at radius 2 is 2.00 bits per heavy atom. The standard InChI is InChI=1S/C23H25F3N6O2S/c1-28-14-22(32-13-18(19(27)33)20(30-32)29-21(34)16-5-6-16)7-9-31(10-8-22)12-15-3-2-4-17(11-15)35-23(24,25)26/h2-4,11,13,16H,5-10,12,14H2,(H2,27,33)(H,29,30,34). The first kappa shape index (κ1) is 25.1. The van der Waals surface area contributed by atoms with Gasteiger partial charge >= 0.3 is 5.51 Å². The zero-order chi connectivity index (χ0) is 25.2. The summed E-state index contributed by atoms with van der Waals surface area (Å²) in [4.78, 5) is 30.1. The van der Waals surface area contributed by atoms with E-state index in [4.69, 9.17) is 12.3 Å². The highest BCUT2D eigenvalue weighted by Gasteiger charge is 2.41. The van der Waals surface area contributed by atoms with E-state index >= 15 is 0 Å². The molecule has 0 unspecified atom stereocenters. The average Bonchev–Trinajstić information content (AvgIpc) is 3.54. The van der Waals surface area contributed by atoms with Crippen molar-refractivity contribution in [3.8, 4) is 0 Å². The van der Waals surface area contributed by atoms with Gasteiger partial charge in [-0.15, -0.1) is 0 Å². The lowest BCUT2D eigenvalue weighted by atomic mass is 9.87. The summed E-state index contributed by atoms with van der Waals surface area (Å²) in [7, 11) is 0. The van der Waals surface area contributed by atoms with Crippen LogP contribution in [-0.4, -0.2) is 51.6 Å². The van der Waals surface area contributed by atoms with E-state index in [1.165, 1.54) is 12.3 Å². The van der Waals surface area contributed by atoms with Gasteiger partial charge in [0.1, 0.15) is 11.1 Å². The van der Waals surface area contributed by atoms with Gasteiger partial charge in [-0.05, 0) is 55.1 Å². The van der Waals surface area contributed by atoms with E-state index in [1.54, 1.807) is 22.9 Å². The highest BCUT2D eigenvalue weighted by molar-refractivity contribution is 8.00. The number of nitrogens with one attached hydrogen (secondary N) is 1. The number of nitrogens with two attached hydrogens (primary N) is 1. The van der Waals surface area contributed by atoms with Crippen molar-refractivity contribution in [1.82, 2.24) is 14.7 Å². The van der Waals surface area contributed by atoms with Crippen molar-refractivity contribution in [2.45, 2.75) is 48.2 Å². The minimum atomic E-state index is -4.34. The zero-order valence-corrected chi connectivity index (χ0v) is 19.7. The fourth-order valence-corrected chi connectivity index (χ4v) is 4.91. The Bertz CT molecular complexity index is 1150. The van der Waals surface area contributed by atoms with E-state index in [-0.39, 0.29) is 46.4 Å². The summed E-state index contributed by atoms with van der Waals surface area (Å²) in [5, 5.41) is 7.16. The van der Waals surface area contributed by atoms with Gasteiger partial charge < -0.3 is 15.9 Å².